The van der Waals surface area contributed by atoms with Crippen molar-refractivity contribution < 1.29 is 9.47 Å². The maximum Gasteiger partial charge on any atom is 0.127 e. The van der Waals surface area contributed by atoms with Gasteiger partial charge in [-0.3, -0.25) is 4.98 Å². The molecule has 4 nitrogen and oxygen atoms in total. The number of halogens is 1. The zero-order valence-corrected chi connectivity index (χ0v) is 21.6. The second-order valence-corrected chi connectivity index (χ2v) is 11.0. The quantitative estimate of drug-likeness (QED) is 0.193. The standard InChI is InChI=1S/C29H33ClN2O2S/c30-27-11-10-23(35-17-5-1-4-15-31)18-21(27)20-33-29(13-14-29)26-19-32-16-12-24(26)25-6-2-3-7-28(25)34-22-8-9-22/h2-3,6-7,10-12,16,18-19,22H,1,4-5,8-9,13-15,17,20,31H2. The fraction of sp³-hybridized carbons (Fsp3) is 0.414. The molecule has 0 aliphatic heterocycles. The number of unbranched alkanes of at least 4 members (excludes halogenated alkanes) is 2. The maximum atomic E-state index is 6.61. The molecule has 2 saturated carbocycles. The summed E-state index contributed by atoms with van der Waals surface area (Å²) in [5, 5.41) is 0.753. The second kappa shape index (κ2) is 11.3. The fourth-order valence-corrected chi connectivity index (χ4v) is 5.48. The first-order valence-electron chi connectivity index (χ1n) is 12.6. The molecule has 0 spiro atoms. The van der Waals surface area contributed by atoms with E-state index in [2.05, 4.69) is 41.4 Å². The number of aromatic nitrogens is 1. The van der Waals surface area contributed by atoms with Crippen LogP contribution in [0.4, 0.5) is 0 Å². The third-order valence-corrected chi connectivity index (χ3v) is 8.10. The van der Waals surface area contributed by atoms with E-state index in [4.69, 9.17) is 26.8 Å². The molecule has 35 heavy (non-hydrogen) atoms. The Bertz CT molecular complexity index is 1150. The van der Waals surface area contributed by atoms with Gasteiger partial charge in [0.05, 0.1) is 18.3 Å². The number of benzene rings is 2. The highest BCUT2D eigenvalue weighted by atomic mass is 35.5. The van der Waals surface area contributed by atoms with Crippen molar-refractivity contribution in [3.63, 3.8) is 0 Å². The Kier molecular flexibility index (Phi) is 7.98. The van der Waals surface area contributed by atoms with Gasteiger partial charge in [0.25, 0.3) is 0 Å². The minimum absolute atomic E-state index is 0.328. The molecule has 6 heteroatoms. The Morgan fingerprint density at radius 3 is 2.69 bits per heavy atom. The van der Waals surface area contributed by atoms with Gasteiger partial charge in [-0.05, 0) is 92.3 Å². The molecule has 0 saturated heterocycles. The molecule has 2 N–H and O–H groups in total. The van der Waals surface area contributed by atoms with Gasteiger partial charge in [0.2, 0.25) is 0 Å². The van der Waals surface area contributed by atoms with Crippen LogP contribution in [0.5, 0.6) is 5.75 Å². The average molecular weight is 509 g/mol. The summed E-state index contributed by atoms with van der Waals surface area (Å²) in [5.74, 6) is 2.03. The minimum Gasteiger partial charge on any atom is -0.490 e. The van der Waals surface area contributed by atoms with Gasteiger partial charge in [-0.2, -0.15) is 0 Å². The molecule has 0 atom stereocenters. The van der Waals surface area contributed by atoms with Crippen LogP contribution >= 0.6 is 23.4 Å². The Labute approximate surface area is 217 Å². The first-order chi connectivity index (χ1) is 17.2. The molecular weight excluding hydrogens is 476 g/mol. The van der Waals surface area contributed by atoms with Crippen LogP contribution in [0, 0.1) is 0 Å². The van der Waals surface area contributed by atoms with Gasteiger partial charge in [-0.15, -0.1) is 11.8 Å². The number of nitrogens with zero attached hydrogens (tertiary/aromatic N) is 1. The normalized spacial score (nSPS) is 16.3. The molecule has 0 amide bonds. The topological polar surface area (TPSA) is 57.4 Å². The summed E-state index contributed by atoms with van der Waals surface area (Å²) in [5.41, 5.74) is 9.69. The van der Waals surface area contributed by atoms with Crippen LogP contribution in [-0.4, -0.2) is 23.4 Å². The molecule has 2 aromatic carbocycles. The number of nitrogens with two attached hydrogens (primary N) is 1. The summed E-state index contributed by atoms with van der Waals surface area (Å²) < 4.78 is 12.8. The largest absolute Gasteiger partial charge is 0.490 e. The number of ether oxygens (including phenoxy) is 2. The number of rotatable bonds is 13. The van der Waals surface area contributed by atoms with Crippen LogP contribution in [0.2, 0.25) is 5.02 Å². The van der Waals surface area contributed by atoms with Gasteiger partial charge in [0, 0.05) is 33.4 Å². The zero-order chi connectivity index (χ0) is 24.1. The lowest BCUT2D eigenvalue weighted by molar-refractivity contribution is 0.0173. The second-order valence-electron chi connectivity index (χ2n) is 9.47. The van der Waals surface area contributed by atoms with E-state index in [1.54, 1.807) is 0 Å². The third kappa shape index (κ3) is 6.21. The highest BCUT2D eigenvalue weighted by Gasteiger charge is 2.47. The van der Waals surface area contributed by atoms with Crippen LogP contribution in [0.25, 0.3) is 11.1 Å². The Morgan fingerprint density at radius 1 is 1.03 bits per heavy atom. The smallest absolute Gasteiger partial charge is 0.127 e. The maximum absolute atomic E-state index is 6.61. The SMILES string of the molecule is NCCCCCSc1ccc(Cl)c(COC2(c3cnccc3-c3ccccc3OC3CC3)CC2)c1. The molecule has 2 fully saturated rings. The average Bonchev–Trinajstić information content (AvgIpc) is 3.82. The van der Waals surface area contributed by atoms with Crippen molar-refractivity contribution in [2.24, 2.45) is 5.73 Å². The first kappa shape index (κ1) is 24.6. The number of para-hydroxylation sites is 1. The van der Waals surface area contributed by atoms with Crippen molar-refractivity contribution in [1.82, 2.24) is 4.98 Å². The fourth-order valence-electron chi connectivity index (χ4n) is 4.34. The summed E-state index contributed by atoms with van der Waals surface area (Å²) in [6, 6.07) is 16.7. The molecule has 0 unspecified atom stereocenters. The van der Waals surface area contributed by atoms with Crippen LogP contribution in [0.3, 0.4) is 0 Å². The molecule has 2 aliphatic rings. The molecule has 1 heterocycles. The van der Waals surface area contributed by atoms with Crippen LogP contribution in [0.1, 0.15) is 56.1 Å². The Hall–Kier alpha value is -2.05. The van der Waals surface area contributed by atoms with Crippen LogP contribution in [-0.2, 0) is 16.9 Å². The molecule has 2 aliphatic carbocycles. The summed E-state index contributed by atoms with van der Waals surface area (Å²) in [6.45, 7) is 1.25. The van der Waals surface area contributed by atoms with E-state index in [-0.39, 0.29) is 5.60 Å². The van der Waals surface area contributed by atoms with E-state index in [1.165, 1.54) is 17.7 Å². The molecule has 1 aromatic heterocycles. The molecular formula is C29H33ClN2O2S. The van der Waals surface area contributed by atoms with E-state index >= 15 is 0 Å². The van der Waals surface area contributed by atoms with Gasteiger partial charge in [-0.1, -0.05) is 36.2 Å². The predicted molar refractivity (Wildman–Crippen MR) is 144 cm³/mol. The van der Waals surface area contributed by atoms with Crippen molar-refractivity contribution in [3.05, 3.63) is 77.1 Å². The third-order valence-electron chi connectivity index (χ3n) is 6.65. The van der Waals surface area contributed by atoms with Gasteiger partial charge in [0.15, 0.2) is 0 Å². The van der Waals surface area contributed by atoms with Crippen LogP contribution in [0.15, 0.2) is 65.8 Å². The lowest BCUT2D eigenvalue weighted by Crippen LogP contribution is -2.14. The van der Waals surface area contributed by atoms with E-state index in [0.29, 0.717) is 12.7 Å². The van der Waals surface area contributed by atoms with Crippen molar-refractivity contribution in [1.29, 1.82) is 0 Å². The zero-order valence-electron chi connectivity index (χ0n) is 20.0. The summed E-state index contributed by atoms with van der Waals surface area (Å²) in [7, 11) is 0. The van der Waals surface area contributed by atoms with E-state index in [1.807, 2.05) is 36.3 Å². The molecule has 184 valence electrons. The number of hydrogen-bond acceptors (Lipinski definition) is 5. The first-order valence-corrected chi connectivity index (χ1v) is 14.0. The highest BCUT2D eigenvalue weighted by Crippen LogP contribution is 2.53. The highest BCUT2D eigenvalue weighted by molar-refractivity contribution is 7.99. The molecule has 0 bridgehead atoms. The van der Waals surface area contributed by atoms with Crippen molar-refractivity contribution >= 4 is 23.4 Å². The monoisotopic (exact) mass is 508 g/mol. The van der Waals surface area contributed by atoms with E-state index in [0.717, 1.165) is 77.4 Å². The number of pyridine rings is 1. The summed E-state index contributed by atoms with van der Waals surface area (Å²) >= 11 is 8.44. The molecule has 0 radical (unpaired) electrons. The van der Waals surface area contributed by atoms with Crippen molar-refractivity contribution in [2.45, 2.75) is 68.2 Å². The molecule has 3 aromatic rings. The Morgan fingerprint density at radius 2 is 1.89 bits per heavy atom. The number of thioether (sulfide) groups is 1. The lowest BCUT2D eigenvalue weighted by Gasteiger charge is -2.22. The Balaban J connectivity index is 1.31. The van der Waals surface area contributed by atoms with Gasteiger partial charge < -0.3 is 15.2 Å². The predicted octanol–water partition coefficient (Wildman–Crippen LogP) is 7.37. The summed E-state index contributed by atoms with van der Waals surface area (Å²) in [4.78, 5) is 5.70. The van der Waals surface area contributed by atoms with Gasteiger partial charge in [-0.25, -0.2) is 0 Å². The van der Waals surface area contributed by atoms with Gasteiger partial charge >= 0.3 is 0 Å². The summed E-state index contributed by atoms with van der Waals surface area (Å²) in [6.07, 6.45) is 11.8. The van der Waals surface area contributed by atoms with Crippen molar-refractivity contribution in [2.75, 3.05) is 12.3 Å². The molecule has 5 rings (SSSR count). The van der Waals surface area contributed by atoms with E-state index in [9.17, 15) is 0 Å². The lowest BCUT2D eigenvalue weighted by atomic mass is 9.96. The minimum atomic E-state index is -0.328. The van der Waals surface area contributed by atoms with Crippen LogP contribution < -0.4 is 10.5 Å². The van der Waals surface area contributed by atoms with E-state index < -0.39 is 0 Å². The van der Waals surface area contributed by atoms with Crippen molar-refractivity contribution in [3.8, 4) is 16.9 Å². The van der Waals surface area contributed by atoms with Gasteiger partial charge in [0.1, 0.15) is 5.75 Å². The number of hydrogen-bond donors (Lipinski definition) is 1.